The van der Waals surface area contributed by atoms with Crippen molar-refractivity contribution in [3.05, 3.63) is 24.0 Å². The summed E-state index contributed by atoms with van der Waals surface area (Å²) in [6.45, 7) is 0. The molecule has 3 N–H and O–H groups in total. The molecule has 66 valence electrons. The average molecular weight is 164 g/mol. The minimum atomic E-state index is 0.238. The molecule has 0 amide bonds. The maximum atomic E-state index is 6.11. The summed E-state index contributed by atoms with van der Waals surface area (Å²) >= 11 is 0. The number of hydrogen-bond acceptors (Lipinski definition) is 1. The van der Waals surface area contributed by atoms with Crippen LogP contribution in [0.5, 0.6) is 0 Å². The molecule has 0 spiro atoms. The highest BCUT2D eigenvalue weighted by Gasteiger charge is 2.23. The van der Waals surface area contributed by atoms with Gasteiger partial charge in [0, 0.05) is 17.9 Å². The molecular weight excluding hydrogens is 148 g/mol. The van der Waals surface area contributed by atoms with E-state index in [9.17, 15) is 0 Å². The molecule has 0 radical (unpaired) electrons. The van der Waals surface area contributed by atoms with Crippen LogP contribution in [-0.4, -0.2) is 4.98 Å². The van der Waals surface area contributed by atoms with Crippen LogP contribution in [0, 0.1) is 5.92 Å². The smallest absolute Gasteiger partial charge is 0.0476 e. The summed E-state index contributed by atoms with van der Waals surface area (Å²) in [5, 5.41) is 0. The number of rotatable bonds is 2. The van der Waals surface area contributed by atoms with Gasteiger partial charge in [-0.1, -0.05) is 12.8 Å². The van der Waals surface area contributed by atoms with E-state index in [1.807, 2.05) is 12.3 Å². The van der Waals surface area contributed by atoms with Crippen molar-refractivity contribution < 1.29 is 0 Å². The molecule has 1 aliphatic rings. The van der Waals surface area contributed by atoms with E-state index in [2.05, 4.69) is 11.1 Å². The first-order valence-corrected chi connectivity index (χ1v) is 4.77. The molecule has 1 heterocycles. The minimum absolute atomic E-state index is 0.238. The van der Waals surface area contributed by atoms with Crippen molar-refractivity contribution >= 4 is 0 Å². The number of nitrogens with one attached hydrogen (secondary N) is 1. The van der Waals surface area contributed by atoms with E-state index >= 15 is 0 Å². The average Bonchev–Trinajstić information content (AvgIpc) is 2.77. The molecule has 1 aliphatic carbocycles. The molecule has 12 heavy (non-hydrogen) atoms. The number of nitrogens with two attached hydrogens (primary N) is 1. The molecule has 1 saturated carbocycles. The summed E-state index contributed by atoms with van der Waals surface area (Å²) in [5.74, 6) is 0.712. The standard InChI is InChI=1S/C10H16N2/c11-10(8-4-1-2-5-8)9-6-3-7-12-9/h3,6-8,10,12H,1-2,4-5,11H2. The summed E-state index contributed by atoms with van der Waals surface area (Å²) in [7, 11) is 0. The summed E-state index contributed by atoms with van der Waals surface area (Å²) in [6.07, 6.45) is 7.28. The summed E-state index contributed by atoms with van der Waals surface area (Å²) in [6, 6.07) is 4.34. The molecule has 0 aromatic carbocycles. The van der Waals surface area contributed by atoms with E-state index in [4.69, 9.17) is 5.73 Å². The Hall–Kier alpha value is -0.760. The van der Waals surface area contributed by atoms with Gasteiger partial charge in [0.1, 0.15) is 0 Å². The van der Waals surface area contributed by atoms with Gasteiger partial charge < -0.3 is 10.7 Å². The van der Waals surface area contributed by atoms with Crippen LogP contribution in [0.4, 0.5) is 0 Å². The fourth-order valence-electron chi connectivity index (χ4n) is 2.12. The van der Waals surface area contributed by atoms with Crippen molar-refractivity contribution in [1.82, 2.24) is 4.98 Å². The van der Waals surface area contributed by atoms with Gasteiger partial charge in [0.15, 0.2) is 0 Å². The second-order valence-electron chi connectivity index (χ2n) is 3.70. The Labute approximate surface area is 73.2 Å². The van der Waals surface area contributed by atoms with Crippen LogP contribution in [0.25, 0.3) is 0 Å². The molecule has 1 atom stereocenters. The molecule has 1 aromatic heterocycles. The Morgan fingerprint density at radius 2 is 2.17 bits per heavy atom. The lowest BCUT2D eigenvalue weighted by atomic mass is 9.96. The fourth-order valence-corrected chi connectivity index (χ4v) is 2.12. The molecule has 2 rings (SSSR count). The van der Waals surface area contributed by atoms with E-state index in [0.717, 1.165) is 0 Å². The van der Waals surface area contributed by atoms with Crippen LogP contribution in [0.15, 0.2) is 18.3 Å². The summed E-state index contributed by atoms with van der Waals surface area (Å²) in [4.78, 5) is 3.19. The van der Waals surface area contributed by atoms with E-state index < -0.39 is 0 Å². The lowest BCUT2D eigenvalue weighted by molar-refractivity contribution is 0.438. The topological polar surface area (TPSA) is 41.8 Å². The van der Waals surface area contributed by atoms with Crippen LogP contribution >= 0.6 is 0 Å². The second-order valence-corrected chi connectivity index (χ2v) is 3.70. The van der Waals surface area contributed by atoms with Crippen molar-refractivity contribution in [2.45, 2.75) is 31.7 Å². The van der Waals surface area contributed by atoms with Gasteiger partial charge in [-0.25, -0.2) is 0 Å². The number of H-pyrrole nitrogens is 1. The van der Waals surface area contributed by atoms with Crippen molar-refractivity contribution in [1.29, 1.82) is 0 Å². The first-order chi connectivity index (χ1) is 5.88. The van der Waals surface area contributed by atoms with Gasteiger partial charge in [0.05, 0.1) is 0 Å². The van der Waals surface area contributed by atoms with E-state index in [-0.39, 0.29) is 6.04 Å². The first kappa shape index (κ1) is 7.87. The van der Waals surface area contributed by atoms with Crippen molar-refractivity contribution in [2.24, 2.45) is 11.7 Å². The van der Waals surface area contributed by atoms with Crippen LogP contribution in [0.1, 0.15) is 37.4 Å². The van der Waals surface area contributed by atoms with Gasteiger partial charge in [-0.15, -0.1) is 0 Å². The van der Waals surface area contributed by atoms with Crippen LogP contribution in [-0.2, 0) is 0 Å². The predicted molar refractivity (Wildman–Crippen MR) is 49.7 cm³/mol. The van der Waals surface area contributed by atoms with Crippen molar-refractivity contribution in [3.63, 3.8) is 0 Å². The van der Waals surface area contributed by atoms with Crippen LogP contribution < -0.4 is 5.73 Å². The van der Waals surface area contributed by atoms with Crippen molar-refractivity contribution in [3.8, 4) is 0 Å². The van der Waals surface area contributed by atoms with Gasteiger partial charge in [0.25, 0.3) is 0 Å². The second kappa shape index (κ2) is 3.31. The fraction of sp³-hybridized carbons (Fsp3) is 0.600. The van der Waals surface area contributed by atoms with E-state index in [1.165, 1.54) is 31.4 Å². The Balaban J connectivity index is 2.04. The Morgan fingerprint density at radius 3 is 2.75 bits per heavy atom. The first-order valence-electron chi connectivity index (χ1n) is 4.77. The quantitative estimate of drug-likeness (QED) is 0.691. The third kappa shape index (κ3) is 1.39. The molecule has 2 nitrogen and oxygen atoms in total. The van der Waals surface area contributed by atoms with Gasteiger partial charge >= 0.3 is 0 Å². The molecule has 2 heteroatoms. The molecule has 0 aliphatic heterocycles. The van der Waals surface area contributed by atoms with Gasteiger partial charge in [-0.05, 0) is 30.9 Å². The Bertz CT molecular complexity index is 222. The highest BCUT2D eigenvalue weighted by Crippen LogP contribution is 2.33. The number of aromatic amines is 1. The molecule has 1 fully saturated rings. The predicted octanol–water partition coefficient (Wildman–Crippen LogP) is 2.20. The maximum absolute atomic E-state index is 6.11. The highest BCUT2D eigenvalue weighted by atomic mass is 14.8. The summed E-state index contributed by atoms with van der Waals surface area (Å²) < 4.78 is 0. The van der Waals surface area contributed by atoms with Gasteiger partial charge in [-0.2, -0.15) is 0 Å². The number of aromatic nitrogens is 1. The maximum Gasteiger partial charge on any atom is 0.0476 e. The van der Waals surface area contributed by atoms with E-state index in [0.29, 0.717) is 5.92 Å². The van der Waals surface area contributed by atoms with Crippen LogP contribution in [0.3, 0.4) is 0 Å². The lowest BCUT2D eigenvalue weighted by Crippen LogP contribution is -2.19. The van der Waals surface area contributed by atoms with Crippen molar-refractivity contribution in [2.75, 3.05) is 0 Å². The molecule has 0 saturated heterocycles. The zero-order valence-corrected chi connectivity index (χ0v) is 7.29. The third-order valence-corrected chi connectivity index (χ3v) is 2.89. The molecular formula is C10H16N2. The van der Waals surface area contributed by atoms with E-state index in [1.54, 1.807) is 0 Å². The molecule has 1 unspecified atom stereocenters. The van der Waals surface area contributed by atoms with Gasteiger partial charge in [-0.3, -0.25) is 0 Å². The minimum Gasteiger partial charge on any atom is -0.364 e. The zero-order chi connectivity index (χ0) is 8.39. The summed E-state index contributed by atoms with van der Waals surface area (Å²) in [5.41, 5.74) is 7.31. The molecule has 0 bridgehead atoms. The highest BCUT2D eigenvalue weighted by molar-refractivity contribution is 5.10. The Morgan fingerprint density at radius 1 is 1.42 bits per heavy atom. The van der Waals surface area contributed by atoms with Crippen LogP contribution in [0.2, 0.25) is 0 Å². The monoisotopic (exact) mass is 164 g/mol. The normalized spacial score (nSPS) is 21.4. The largest absolute Gasteiger partial charge is 0.364 e. The third-order valence-electron chi connectivity index (χ3n) is 2.89. The molecule has 1 aromatic rings. The lowest BCUT2D eigenvalue weighted by Gasteiger charge is -2.16. The number of hydrogen-bond donors (Lipinski definition) is 2. The SMILES string of the molecule is NC(c1ccc[nH]1)C1CCCC1. The zero-order valence-electron chi connectivity index (χ0n) is 7.29. The Kier molecular flexibility index (Phi) is 2.17. The van der Waals surface area contributed by atoms with Gasteiger partial charge in [0.2, 0.25) is 0 Å².